The third kappa shape index (κ3) is 5.42. The number of fused-ring (bicyclic) bond motifs is 3. The molecule has 1 amide bonds. The summed E-state index contributed by atoms with van der Waals surface area (Å²) < 4.78 is 44.4. The number of nitrogens with two attached hydrogens (primary N) is 1. The van der Waals surface area contributed by atoms with E-state index in [1.165, 1.54) is 25.4 Å². The summed E-state index contributed by atoms with van der Waals surface area (Å²) in [7, 11) is 4.62. The molecule has 6 N–H and O–H groups in total. The van der Waals surface area contributed by atoms with Gasteiger partial charge >= 0.3 is 6.18 Å². The van der Waals surface area contributed by atoms with Crippen LogP contribution in [0.15, 0.2) is 23.0 Å². The number of hydrogen-bond donors (Lipinski definition) is 5. The van der Waals surface area contributed by atoms with E-state index in [0.717, 1.165) is 38.2 Å². The molecule has 10 nitrogen and oxygen atoms in total. The molecule has 5 rings (SSSR count). The van der Waals surface area contributed by atoms with Crippen LogP contribution in [0.3, 0.4) is 0 Å². The maximum absolute atomic E-state index is 14.8. The minimum atomic E-state index is -4.88. The van der Waals surface area contributed by atoms with Crippen LogP contribution in [-0.2, 0) is 33.5 Å². The van der Waals surface area contributed by atoms with Crippen molar-refractivity contribution in [2.45, 2.75) is 75.7 Å². The molecule has 2 saturated carbocycles. The number of aliphatic hydroxyl groups is 3. The molecule has 0 heterocycles. The van der Waals surface area contributed by atoms with Crippen LogP contribution >= 0.6 is 0 Å². The third-order valence-electron chi connectivity index (χ3n) is 10.2. The fourth-order valence-corrected chi connectivity index (χ4v) is 8.11. The number of aliphatic hydroxyl groups excluding tert-OH is 2. The van der Waals surface area contributed by atoms with Crippen LogP contribution in [0.25, 0.3) is 5.76 Å². The monoisotopic (exact) mass is 635 g/mol. The van der Waals surface area contributed by atoms with E-state index >= 15 is 0 Å². The number of benzene rings is 1. The lowest BCUT2D eigenvalue weighted by Crippen LogP contribution is -2.65. The molecule has 45 heavy (non-hydrogen) atoms. The predicted octanol–water partition coefficient (Wildman–Crippen LogP) is 3.39. The third-order valence-corrected chi connectivity index (χ3v) is 10.2. The number of Topliss-reactive ketones (excluding diaryl/α,β-unsaturated/α-hetero) is 2. The maximum Gasteiger partial charge on any atom is 0.417 e. The lowest BCUT2D eigenvalue weighted by Gasteiger charge is -2.50. The Labute approximate surface area is 259 Å². The van der Waals surface area contributed by atoms with Gasteiger partial charge in [-0.1, -0.05) is 32.1 Å². The number of nitrogens with zero attached hydrogens (tertiary/aromatic N) is 2. The van der Waals surface area contributed by atoms with Crippen molar-refractivity contribution in [2.24, 2.45) is 23.5 Å². The lowest BCUT2D eigenvalue weighted by molar-refractivity contribution is -0.153. The Morgan fingerprint density at radius 2 is 1.73 bits per heavy atom. The van der Waals surface area contributed by atoms with Crippen molar-refractivity contribution in [1.29, 1.82) is 0 Å². The van der Waals surface area contributed by atoms with Gasteiger partial charge in [-0.25, -0.2) is 0 Å². The number of ketones is 2. The summed E-state index contributed by atoms with van der Waals surface area (Å²) in [5.41, 5.74) is -1.16. The molecule has 1 aromatic rings. The largest absolute Gasteiger partial charge is 0.508 e. The zero-order valence-corrected chi connectivity index (χ0v) is 25.6. The van der Waals surface area contributed by atoms with Crippen LogP contribution < -0.4 is 5.73 Å². The van der Waals surface area contributed by atoms with Gasteiger partial charge in [-0.15, -0.1) is 0 Å². The molecular formula is C32H40F3N3O7. The minimum Gasteiger partial charge on any atom is -0.508 e. The highest BCUT2D eigenvalue weighted by Gasteiger charge is 2.64. The molecule has 0 saturated heterocycles. The van der Waals surface area contributed by atoms with E-state index in [2.05, 4.69) is 0 Å². The molecule has 0 radical (unpaired) electrons. The first-order valence-corrected chi connectivity index (χ1v) is 15.3. The zero-order chi connectivity index (χ0) is 33.2. The van der Waals surface area contributed by atoms with Gasteiger partial charge in [-0.05, 0) is 76.0 Å². The van der Waals surface area contributed by atoms with Crippen LogP contribution in [0.1, 0.15) is 67.2 Å². The normalized spacial score (nSPS) is 27.6. The van der Waals surface area contributed by atoms with Crippen LogP contribution in [0.4, 0.5) is 13.2 Å². The highest BCUT2D eigenvalue weighted by atomic mass is 19.4. The Bertz CT molecular complexity index is 1500. The number of likely N-dealkylation sites (N-methyl/N-ethyl adjacent to an activating group) is 1. The molecular weight excluding hydrogens is 595 g/mol. The molecule has 4 aliphatic carbocycles. The van der Waals surface area contributed by atoms with Crippen LogP contribution in [0.5, 0.6) is 5.75 Å². The summed E-state index contributed by atoms with van der Waals surface area (Å²) in [6.07, 6.45) is 0.942. The number of halogens is 3. The van der Waals surface area contributed by atoms with Gasteiger partial charge in [0.1, 0.15) is 22.8 Å². The van der Waals surface area contributed by atoms with Crippen molar-refractivity contribution in [3.8, 4) is 5.75 Å². The van der Waals surface area contributed by atoms with Gasteiger partial charge in [0.2, 0.25) is 5.78 Å². The quantitative estimate of drug-likeness (QED) is 0.283. The fourth-order valence-electron chi connectivity index (χ4n) is 8.11. The Balaban J connectivity index is 1.59. The molecule has 13 heteroatoms. The Morgan fingerprint density at radius 3 is 2.31 bits per heavy atom. The van der Waals surface area contributed by atoms with E-state index in [9.17, 15) is 48.0 Å². The van der Waals surface area contributed by atoms with Crippen LogP contribution in [0, 0.1) is 17.8 Å². The summed E-state index contributed by atoms with van der Waals surface area (Å²) in [4.78, 5) is 42.4. The first-order valence-electron chi connectivity index (χ1n) is 15.3. The number of carbonyl (C=O) groups excluding carboxylic acids is 3. The van der Waals surface area contributed by atoms with Crippen molar-refractivity contribution < 1.29 is 48.0 Å². The van der Waals surface area contributed by atoms with Crippen LogP contribution in [-0.4, -0.2) is 87.0 Å². The van der Waals surface area contributed by atoms with E-state index in [1.807, 2.05) is 0 Å². The van der Waals surface area contributed by atoms with Crippen molar-refractivity contribution in [3.63, 3.8) is 0 Å². The summed E-state index contributed by atoms with van der Waals surface area (Å²) in [6, 6.07) is -0.382. The van der Waals surface area contributed by atoms with Crippen LogP contribution in [0.2, 0.25) is 0 Å². The lowest BCUT2D eigenvalue weighted by atomic mass is 9.57. The fraction of sp³-hybridized carbons (Fsp3) is 0.594. The topological polar surface area (TPSA) is 165 Å². The minimum absolute atomic E-state index is 0.114. The molecule has 4 aliphatic rings. The second-order valence-corrected chi connectivity index (χ2v) is 13.3. The van der Waals surface area contributed by atoms with E-state index in [-0.39, 0.29) is 24.1 Å². The van der Waals surface area contributed by atoms with Gasteiger partial charge in [0.05, 0.1) is 17.2 Å². The van der Waals surface area contributed by atoms with Gasteiger partial charge in [-0.3, -0.25) is 19.3 Å². The number of amides is 1. The zero-order valence-electron chi connectivity index (χ0n) is 25.6. The van der Waals surface area contributed by atoms with Crippen molar-refractivity contribution in [2.75, 3.05) is 27.7 Å². The second kappa shape index (κ2) is 11.7. The second-order valence-electron chi connectivity index (χ2n) is 13.3. The Morgan fingerprint density at radius 1 is 1.09 bits per heavy atom. The van der Waals surface area contributed by atoms with Crippen molar-refractivity contribution >= 4 is 23.2 Å². The van der Waals surface area contributed by atoms with E-state index < -0.39 is 93.1 Å². The number of hydrogen-bond acceptors (Lipinski definition) is 9. The van der Waals surface area contributed by atoms with E-state index in [4.69, 9.17) is 5.73 Å². The molecule has 4 atom stereocenters. The van der Waals surface area contributed by atoms with Gasteiger partial charge < -0.3 is 31.1 Å². The number of phenolic OH excluding ortho intramolecular Hbond substituents is 1. The molecule has 2 fully saturated rings. The summed E-state index contributed by atoms with van der Waals surface area (Å²) in [6.45, 7) is 0.453. The standard InChI is InChI=1S/C32H40F3N3O7/c1-37(2)25-19-12-16-11-18-22(26(40)21(16)28(42)31(19,45)29(43)23(27(25)41)30(36)44)20(39)13-17(24(18)32(33,34)35)14-38(3)10-9-15-7-5-4-6-8-15/h13,15-16,19,25,39-40,43,45H,4-12,14H2,1-3H3,(H2,36,44)/t16-,19-,25-,31-/m0/s1. The average molecular weight is 636 g/mol. The highest BCUT2D eigenvalue weighted by Crippen LogP contribution is 2.54. The number of rotatable bonds is 7. The average Bonchev–Trinajstić information content (AvgIpc) is 2.93. The van der Waals surface area contributed by atoms with Gasteiger partial charge in [0, 0.05) is 18.0 Å². The smallest absolute Gasteiger partial charge is 0.417 e. The predicted molar refractivity (Wildman–Crippen MR) is 157 cm³/mol. The Hall–Kier alpha value is -3.42. The summed E-state index contributed by atoms with van der Waals surface area (Å²) in [5.74, 6) is -8.43. The number of phenols is 1. The highest BCUT2D eigenvalue weighted by molar-refractivity contribution is 6.24. The number of alkyl halides is 3. The Kier molecular flexibility index (Phi) is 8.60. The molecule has 246 valence electrons. The SMILES string of the molecule is CN(CCC1CCCCC1)Cc1cc(O)c2c(c1C(F)(F)F)C[C@H]1C[C@H]3[C@H](N(C)C)C(=O)C(C(N)=O)=C(O)[C@@]3(O)C(=O)C1=C2O. The molecule has 0 bridgehead atoms. The molecule has 0 spiro atoms. The maximum atomic E-state index is 14.8. The molecule has 1 aromatic carbocycles. The summed E-state index contributed by atoms with van der Waals surface area (Å²) in [5, 5.41) is 45.0. The summed E-state index contributed by atoms with van der Waals surface area (Å²) >= 11 is 0. The van der Waals surface area contributed by atoms with Gasteiger partial charge in [-0.2, -0.15) is 13.2 Å². The van der Waals surface area contributed by atoms with Crippen molar-refractivity contribution in [1.82, 2.24) is 9.80 Å². The number of primary amides is 1. The number of aromatic hydroxyl groups is 1. The first-order chi connectivity index (χ1) is 21.0. The molecule has 0 aliphatic heterocycles. The van der Waals surface area contributed by atoms with E-state index in [0.29, 0.717) is 12.5 Å². The van der Waals surface area contributed by atoms with Crippen molar-refractivity contribution in [3.05, 3.63) is 45.2 Å². The molecule has 0 aromatic heterocycles. The van der Waals surface area contributed by atoms with Gasteiger partial charge in [0.25, 0.3) is 5.91 Å². The van der Waals surface area contributed by atoms with Gasteiger partial charge in [0.15, 0.2) is 11.4 Å². The molecule has 0 unspecified atom stereocenters. The first kappa shape index (κ1) is 33.0. The van der Waals surface area contributed by atoms with E-state index in [1.54, 1.807) is 11.9 Å². The number of carbonyl (C=O) groups is 3.